The Kier molecular flexibility index (Phi) is 4.58. The molecule has 0 saturated heterocycles. The van der Waals surface area contributed by atoms with Crippen LogP contribution in [0.4, 0.5) is 0 Å². The average Bonchev–Trinajstić information content (AvgIpc) is 3.43. The summed E-state index contributed by atoms with van der Waals surface area (Å²) in [6.07, 6.45) is 1.47. The summed E-state index contributed by atoms with van der Waals surface area (Å²) in [5, 5.41) is 15.4. The number of carbonyl (C=O) groups is 2. The van der Waals surface area contributed by atoms with Gasteiger partial charge >= 0.3 is 0 Å². The van der Waals surface area contributed by atoms with Crippen LogP contribution in [0, 0.1) is 0 Å². The van der Waals surface area contributed by atoms with Crippen LogP contribution in [0.25, 0.3) is 0 Å². The van der Waals surface area contributed by atoms with Crippen molar-refractivity contribution in [1.29, 1.82) is 0 Å². The first kappa shape index (κ1) is 17.5. The third kappa shape index (κ3) is 3.28. The van der Waals surface area contributed by atoms with Gasteiger partial charge in [-0.2, -0.15) is 0 Å². The predicted octanol–water partition coefficient (Wildman–Crippen LogP) is 1.82. The van der Waals surface area contributed by atoms with Crippen LogP contribution >= 0.6 is 0 Å². The Labute approximate surface area is 157 Å². The van der Waals surface area contributed by atoms with Gasteiger partial charge in [0.05, 0.1) is 18.1 Å². The molecular formula is C21H22N2O4. The standard InChI is InChI=1S/C21H22N2O4/c1-22-21(26)16-10-13(20(25)23-14-7-8-14)9-15-18(12-5-3-2-4-6-12)17(11-24)27-19(15)16/h2-6,9-10,14,17-18,24H,7-8,11H2,1H3,(H,22,26)(H,23,25)/t17-,18?/m0/s1. The van der Waals surface area contributed by atoms with Crippen LogP contribution in [0.5, 0.6) is 5.75 Å². The first-order chi connectivity index (χ1) is 13.1. The normalized spacial score (nSPS) is 20.5. The molecule has 2 aliphatic rings. The molecule has 6 nitrogen and oxygen atoms in total. The summed E-state index contributed by atoms with van der Waals surface area (Å²) >= 11 is 0. The molecular weight excluding hydrogens is 344 g/mol. The molecule has 0 radical (unpaired) electrons. The van der Waals surface area contributed by atoms with E-state index < -0.39 is 6.10 Å². The molecule has 0 aromatic heterocycles. The van der Waals surface area contributed by atoms with E-state index >= 15 is 0 Å². The van der Waals surface area contributed by atoms with Crippen molar-refractivity contribution in [3.05, 3.63) is 64.7 Å². The second kappa shape index (κ2) is 7.04. The van der Waals surface area contributed by atoms with Crippen molar-refractivity contribution in [1.82, 2.24) is 10.6 Å². The van der Waals surface area contributed by atoms with Gasteiger partial charge in [-0.3, -0.25) is 9.59 Å². The minimum Gasteiger partial charge on any atom is -0.486 e. The molecule has 2 amide bonds. The van der Waals surface area contributed by atoms with Crippen LogP contribution in [0.15, 0.2) is 42.5 Å². The minimum atomic E-state index is -0.507. The first-order valence-corrected chi connectivity index (χ1v) is 9.15. The minimum absolute atomic E-state index is 0.189. The summed E-state index contributed by atoms with van der Waals surface area (Å²) in [4.78, 5) is 25.1. The number of aliphatic hydroxyl groups excluding tert-OH is 1. The Balaban J connectivity index is 1.83. The Morgan fingerprint density at radius 2 is 1.89 bits per heavy atom. The van der Waals surface area contributed by atoms with Gasteiger partial charge in [-0.1, -0.05) is 30.3 Å². The summed E-state index contributed by atoms with van der Waals surface area (Å²) < 4.78 is 5.96. The highest BCUT2D eigenvalue weighted by atomic mass is 16.5. The molecule has 140 valence electrons. The summed E-state index contributed by atoms with van der Waals surface area (Å²) in [7, 11) is 1.54. The molecule has 1 saturated carbocycles. The van der Waals surface area contributed by atoms with Gasteiger partial charge in [0.2, 0.25) is 0 Å². The summed E-state index contributed by atoms with van der Waals surface area (Å²) in [6.45, 7) is -0.189. The molecule has 2 aromatic rings. The van der Waals surface area contributed by atoms with Gasteiger partial charge in [-0.25, -0.2) is 0 Å². The molecule has 6 heteroatoms. The van der Waals surface area contributed by atoms with Crippen molar-refractivity contribution in [3.63, 3.8) is 0 Å². The van der Waals surface area contributed by atoms with E-state index in [9.17, 15) is 14.7 Å². The highest BCUT2D eigenvalue weighted by Crippen LogP contribution is 2.45. The Morgan fingerprint density at radius 3 is 2.52 bits per heavy atom. The number of fused-ring (bicyclic) bond motifs is 1. The van der Waals surface area contributed by atoms with Gasteiger partial charge in [0.1, 0.15) is 11.9 Å². The second-order valence-corrected chi connectivity index (χ2v) is 7.00. The molecule has 2 aromatic carbocycles. The van der Waals surface area contributed by atoms with Gasteiger partial charge < -0.3 is 20.5 Å². The summed E-state index contributed by atoms with van der Waals surface area (Å²) in [6, 6.07) is 13.3. The Morgan fingerprint density at radius 1 is 1.15 bits per heavy atom. The van der Waals surface area contributed by atoms with Crippen molar-refractivity contribution >= 4 is 11.8 Å². The van der Waals surface area contributed by atoms with E-state index in [1.54, 1.807) is 19.2 Å². The zero-order valence-corrected chi connectivity index (χ0v) is 15.1. The maximum atomic E-state index is 12.6. The molecule has 0 bridgehead atoms. The second-order valence-electron chi connectivity index (χ2n) is 7.00. The molecule has 2 atom stereocenters. The third-order valence-electron chi connectivity index (χ3n) is 5.08. The molecule has 1 fully saturated rings. The van der Waals surface area contributed by atoms with Gasteiger partial charge in [0, 0.05) is 24.2 Å². The SMILES string of the molecule is CNC(=O)c1cc(C(=O)NC2CC2)cc2c1O[C@@H](CO)C2c1ccccc1. The van der Waals surface area contributed by atoms with Crippen LogP contribution < -0.4 is 15.4 Å². The van der Waals surface area contributed by atoms with E-state index in [1.165, 1.54) is 0 Å². The molecule has 3 N–H and O–H groups in total. The van der Waals surface area contributed by atoms with Crippen molar-refractivity contribution < 1.29 is 19.4 Å². The lowest BCUT2D eigenvalue weighted by Gasteiger charge is -2.17. The number of hydrogen-bond acceptors (Lipinski definition) is 4. The maximum Gasteiger partial charge on any atom is 0.254 e. The lowest BCUT2D eigenvalue weighted by atomic mass is 9.86. The molecule has 1 aliphatic carbocycles. The third-order valence-corrected chi connectivity index (χ3v) is 5.08. The van der Waals surface area contributed by atoms with E-state index in [-0.39, 0.29) is 30.4 Å². The quantitative estimate of drug-likeness (QED) is 0.753. The van der Waals surface area contributed by atoms with Crippen LogP contribution in [0.1, 0.15) is 50.6 Å². The van der Waals surface area contributed by atoms with Crippen molar-refractivity contribution in [3.8, 4) is 5.75 Å². The maximum absolute atomic E-state index is 12.6. The van der Waals surface area contributed by atoms with Crippen LogP contribution in [-0.4, -0.2) is 42.7 Å². The number of nitrogens with one attached hydrogen (secondary N) is 2. The average molecular weight is 366 g/mol. The number of ether oxygens (including phenoxy) is 1. The molecule has 4 rings (SSSR count). The number of rotatable bonds is 5. The fraction of sp³-hybridized carbons (Fsp3) is 0.333. The van der Waals surface area contributed by atoms with E-state index in [2.05, 4.69) is 10.6 Å². The number of hydrogen-bond donors (Lipinski definition) is 3. The van der Waals surface area contributed by atoms with Crippen molar-refractivity contribution in [2.75, 3.05) is 13.7 Å². The molecule has 1 heterocycles. The molecule has 0 spiro atoms. The lowest BCUT2D eigenvalue weighted by molar-refractivity contribution is 0.0947. The smallest absolute Gasteiger partial charge is 0.254 e. The first-order valence-electron chi connectivity index (χ1n) is 9.15. The topological polar surface area (TPSA) is 87.7 Å². The molecule has 1 unspecified atom stereocenters. The predicted molar refractivity (Wildman–Crippen MR) is 100 cm³/mol. The summed E-state index contributed by atoms with van der Waals surface area (Å²) in [5.41, 5.74) is 2.47. The van der Waals surface area contributed by atoms with Crippen LogP contribution in [0.3, 0.4) is 0 Å². The fourth-order valence-electron chi connectivity index (χ4n) is 3.56. The summed E-state index contributed by atoms with van der Waals surface area (Å²) in [5.74, 6) is -0.323. The van der Waals surface area contributed by atoms with E-state index in [0.717, 1.165) is 24.0 Å². The van der Waals surface area contributed by atoms with Gasteiger partial charge in [0.15, 0.2) is 0 Å². The van der Waals surface area contributed by atoms with Gasteiger partial charge in [-0.05, 0) is 30.5 Å². The van der Waals surface area contributed by atoms with Gasteiger partial charge in [0.25, 0.3) is 11.8 Å². The fourth-order valence-corrected chi connectivity index (χ4v) is 3.56. The van der Waals surface area contributed by atoms with Crippen LogP contribution in [-0.2, 0) is 0 Å². The van der Waals surface area contributed by atoms with E-state index in [0.29, 0.717) is 16.9 Å². The number of amides is 2. The van der Waals surface area contributed by atoms with E-state index in [4.69, 9.17) is 4.74 Å². The highest BCUT2D eigenvalue weighted by molar-refractivity contribution is 6.02. The Bertz CT molecular complexity index is 877. The van der Waals surface area contributed by atoms with Crippen molar-refractivity contribution in [2.45, 2.75) is 30.9 Å². The Hall–Kier alpha value is -2.86. The lowest BCUT2D eigenvalue weighted by Crippen LogP contribution is -2.26. The monoisotopic (exact) mass is 366 g/mol. The number of aliphatic hydroxyl groups is 1. The zero-order valence-electron chi connectivity index (χ0n) is 15.1. The van der Waals surface area contributed by atoms with E-state index in [1.807, 2.05) is 30.3 Å². The number of benzene rings is 2. The zero-order chi connectivity index (χ0) is 19.0. The number of carbonyl (C=O) groups excluding carboxylic acids is 2. The molecule has 1 aliphatic heterocycles. The van der Waals surface area contributed by atoms with Crippen molar-refractivity contribution in [2.24, 2.45) is 0 Å². The van der Waals surface area contributed by atoms with Crippen LogP contribution in [0.2, 0.25) is 0 Å². The largest absolute Gasteiger partial charge is 0.486 e. The molecule has 27 heavy (non-hydrogen) atoms. The van der Waals surface area contributed by atoms with Gasteiger partial charge in [-0.15, -0.1) is 0 Å². The highest BCUT2D eigenvalue weighted by Gasteiger charge is 2.38.